The van der Waals surface area contributed by atoms with Gasteiger partial charge in [-0.05, 0) is 38.5 Å². The Morgan fingerprint density at radius 3 is 1.62 bits per heavy atom. The van der Waals surface area contributed by atoms with E-state index in [-0.39, 0.29) is 43.5 Å². The number of carbonyl (C=O) groups is 4. The SMILES string of the molecule is COC(O)[C@H](CCCCNC(=O)CC[C@H](NC(=O)CCCCCCCCCCCCCCCCC(=O)O)C(=O)O)N[NH3+]. The molecular formula is C30H59N4O8+. The predicted molar refractivity (Wildman–Crippen MR) is 160 cm³/mol. The predicted octanol–water partition coefficient (Wildman–Crippen LogP) is 3.03. The molecule has 246 valence electrons. The third kappa shape index (κ3) is 24.3. The van der Waals surface area contributed by atoms with E-state index in [9.17, 15) is 29.4 Å². The number of methoxy groups -OCH3 is 1. The first-order valence-electron chi connectivity index (χ1n) is 15.9. The third-order valence-electron chi connectivity index (χ3n) is 7.45. The van der Waals surface area contributed by atoms with E-state index in [0.717, 1.165) is 51.4 Å². The molecule has 0 aliphatic rings. The summed E-state index contributed by atoms with van der Waals surface area (Å²) in [6.07, 6.45) is 17.1. The van der Waals surface area contributed by atoms with E-state index in [2.05, 4.69) is 21.9 Å². The van der Waals surface area contributed by atoms with Crippen molar-refractivity contribution in [2.45, 2.75) is 153 Å². The molecule has 0 rings (SSSR count). The lowest BCUT2D eigenvalue weighted by Gasteiger charge is -2.18. The topological polar surface area (TPSA) is 202 Å². The number of carboxylic acids is 2. The van der Waals surface area contributed by atoms with Crippen molar-refractivity contribution in [1.29, 1.82) is 0 Å². The third-order valence-corrected chi connectivity index (χ3v) is 7.45. The van der Waals surface area contributed by atoms with Crippen LogP contribution in [-0.4, -0.2) is 71.1 Å². The highest BCUT2D eigenvalue weighted by atomic mass is 16.6. The summed E-state index contributed by atoms with van der Waals surface area (Å²) in [5.41, 5.74) is 2.74. The van der Waals surface area contributed by atoms with Gasteiger partial charge in [-0.25, -0.2) is 4.79 Å². The number of carbonyl (C=O) groups excluding carboxylic acids is 2. The number of hydrogen-bond acceptors (Lipinski definition) is 7. The summed E-state index contributed by atoms with van der Waals surface area (Å²) in [6.45, 7) is 0.439. The number of aliphatic hydroxyl groups excluding tert-OH is 1. The molecule has 2 amide bonds. The molecule has 9 N–H and O–H groups in total. The van der Waals surface area contributed by atoms with Gasteiger partial charge in [-0.1, -0.05) is 77.0 Å². The molecule has 0 aliphatic heterocycles. The van der Waals surface area contributed by atoms with Crippen LogP contribution in [0.2, 0.25) is 0 Å². The summed E-state index contributed by atoms with van der Waals surface area (Å²) in [7, 11) is 1.41. The first-order valence-corrected chi connectivity index (χ1v) is 15.9. The summed E-state index contributed by atoms with van der Waals surface area (Å²) in [5.74, 6) is 1.16. The van der Waals surface area contributed by atoms with Crippen LogP contribution in [0.5, 0.6) is 0 Å². The maximum atomic E-state index is 12.2. The zero-order chi connectivity index (χ0) is 31.4. The van der Waals surface area contributed by atoms with Crippen molar-refractivity contribution in [3.63, 3.8) is 0 Å². The maximum Gasteiger partial charge on any atom is 0.326 e. The minimum absolute atomic E-state index is 0.0112. The van der Waals surface area contributed by atoms with Gasteiger partial charge in [0.25, 0.3) is 0 Å². The zero-order valence-corrected chi connectivity index (χ0v) is 25.9. The standard InChI is InChI=1S/C30H58N4O8/c1-42-30(41)25(34-31)18-16-17-23-32-26(35)22-21-24(29(39)40)33-27(36)19-14-12-10-8-6-4-2-3-5-7-9-11-13-15-20-28(37)38/h24-25,30,34,41H,2-23,31H2,1H3,(H,32,35)(H,33,36)(H,37,38)(H,39,40)/p+1/t24-,25-,30?/m0/s1. The van der Waals surface area contributed by atoms with Crippen molar-refractivity contribution < 1.29 is 45.1 Å². The largest absolute Gasteiger partial charge is 0.481 e. The van der Waals surface area contributed by atoms with E-state index in [1.807, 2.05) is 0 Å². The molecule has 0 aromatic rings. The molecule has 0 saturated heterocycles. The lowest BCUT2D eigenvalue weighted by Crippen LogP contribution is -2.71. The average molecular weight is 604 g/mol. The van der Waals surface area contributed by atoms with Gasteiger partial charge in [0.1, 0.15) is 12.1 Å². The Hall–Kier alpha value is -2.28. The number of amides is 2. The fourth-order valence-electron chi connectivity index (χ4n) is 4.80. The summed E-state index contributed by atoms with van der Waals surface area (Å²) in [4.78, 5) is 46.3. The molecule has 12 heteroatoms. The summed E-state index contributed by atoms with van der Waals surface area (Å²) < 4.78 is 4.87. The van der Waals surface area contributed by atoms with Crippen LogP contribution in [0, 0.1) is 0 Å². The molecule has 0 heterocycles. The Balaban J connectivity index is 3.75. The molecule has 0 fully saturated rings. The van der Waals surface area contributed by atoms with Crippen LogP contribution in [0.4, 0.5) is 0 Å². The second kappa shape index (κ2) is 27.5. The van der Waals surface area contributed by atoms with Gasteiger partial charge in [0.05, 0.1) is 0 Å². The number of nitrogens with one attached hydrogen (secondary N) is 3. The van der Waals surface area contributed by atoms with E-state index < -0.39 is 24.3 Å². The van der Waals surface area contributed by atoms with Crippen molar-refractivity contribution >= 4 is 23.8 Å². The van der Waals surface area contributed by atoms with E-state index in [1.54, 1.807) is 0 Å². The smallest absolute Gasteiger partial charge is 0.326 e. The van der Waals surface area contributed by atoms with Gasteiger partial charge in [0.2, 0.25) is 11.8 Å². The Morgan fingerprint density at radius 1 is 0.667 bits per heavy atom. The lowest BCUT2D eigenvalue weighted by atomic mass is 10.0. The Kier molecular flexibility index (Phi) is 26.1. The number of rotatable bonds is 30. The lowest BCUT2D eigenvalue weighted by molar-refractivity contribution is -0.460. The first kappa shape index (κ1) is 39.7. The van der Waals surface area contributed by atoms with Crippen LogP contribution >= 0.6 is 0 Å². The molecule has 0 aromatic heterocycles. The van der Waals surface area contributed by atoms with Gasteiger partial charge in [0, 0.05) is 32.9 Å². The molecule has 0 bridgehead atoms. The van der Waals surface area contributed by atoms with Crippen LogP contribution < -0.4 is 21.9 Å². The summed E-state index contributed by atoms with van der Waals surface area (Å²) in [5, 5.41) is 33.0. The Bertz CT molecular complexity index is 725. The molecule has 0 aliphatic carbocycles. The summed E-state index contributed by atoms with van der Waals surface area (Å²) in [6, 6.07) is -1.38. The number of quaternary nitrogens is 1. The van der Waals surface area contributed by atoms with Crippen molar-refractivity contribution in [3.8, 4) is 0 Å². The quantitative estimate of drug-likeness (QED) is 0.0366. The van der Waals surface area contributed by atoms with Crippen molar-refractivity contribution in [2.24, 2.45) is 0 Å². The second-order valence-electron chi connectivity index (χ2n) is 11.1. The van der Waals surface area contributed by atoms with Gasteiger partial charge < -0.3 is 30.7 Å². The fraction of sp³-hybridized carbons (Fsp3) is 0.867. The van der Waals surface area contributed by atoms with Crippen LogP contribution in [0.1, 0.15) is 135 Å². The van der Waals surface area contributed by atoms with Crippen molar-refractivity contribution in [3.05, 3.63) is 0 Å². The number of hydrogen-bond donors (Lipinski definition) is 7. The molecule has 12 nitrogen and oxygen atoms in total. The van der Waals surface area contributed by atoms with Gasteiger partial charge in [-0.3, -0.25) is 20.2 Å². The maximum absolute atomic E-state index is 12.2. The molecule has 0 aromatic carbocycles. The average Bonchev–Trinajstić information content (AvgIpc) is 2.96. The number of aliphatic hydroxyl groups is 1. The van der Waals surface area contributed by atoms with Gasteiger partial charge in [0.15, 0.2) is 6.29 Å². The van der Waals surface area contributed by atoms with E-state index >= 15 is 0 Å². The molecular weight excluding hydrogens is 544 g/mol. The molecule has 1 unspecified atom stereocenters. The highest BCUT2D eigenvalue weighted by Gasteiger charge is 2.21. The molecule has 0 spiro atoms. The van der Waals surface area contributed by atoms with E-state index in [0.29, 0.717) is 19.4 Å². The monoisotopic (exact) mass is 603 g/mol. The van der Waals surface area contributed by atoms with E-state index in [4.69, 9.17) is 9.84 Å². The highest BCUT2D eigenvalue weighted by molar-refractivity contribution is 5.84. The minimum Gasteiger partial charge on any atom is -0.481 e. The normalized spacial score (nSPS) is 13.3. The van der Waals surface area contributed by atoms with Crippen LogP contribution in [0.25, 0.3) is 0 Å². The van der Waals surface area contributed by atoms with Crippen LogP contribution in [-0.2, 0) is 23.9 Å². The van der Waals surface area contributed by atoms with Gasteiger partial charge in [-0.15, -0.1) is 0 Å². The van der Waals surface area contributed by atoms with E-state index in [1.165, 1.54) is 52.1 Å². The van der Waals surface area contributed by atoms with Crippen molar-refractivity contribution in [2.75, 3.05) is 13.7 Å². The Labute approximate surface area is 251 Å². The molecule has 42 heavy (non-hydrogen) atoms. The molecule has 3 atom stereocenters. The number of unbranched alkanes of at least 4 members (excludes halogenated alkanes) is 14. The molecule has 0 radical (unpaired) electrons. The van der Waals surface area contributed by atoms with Crippen molar-refractivity contribution in [1.82, 2.24) is 16.1 Å². The second-order valence-corrected chi connectivity index (χ2v) is 11.1. The highest BCUT2D eigenvalue weighted by Crippen LogP contribution is 2.14. The number of ether oxygens (including phenoxy) is 1. The minimum atomic E-state index is -1.14. The first-order chi connectivity index (χ1) is 20.2. The number of aliphatic carboxylic acids is 2. The van der Waals surface area contributed by atoms with Gasteiger partial charge >= 0.3 is 11.9 Å². The fourth-order valence-corrected chi connectivity index (χ4v) is 4.80. The van der Waals surface area contributed by atoms with Crippen LogP contribution in [0.3, 0.4) is 0 Å². The molecule has 0 saturated carbocycles. The summed E-state index contributed by atoms with van der Waals surface area (Å²) >= 11 is 0. The number of carboxylic acid groups (broad SMARTS) is 2. The van der Waals surface area contributed by atoms with Gasteiger partial charge in [-0.2, -0.15) is 5.43 Å². The van der Waals surface area contributed by atoms with Crippen LogP contribution in [0.15, 0.2) is 0 Å². The zero-order valence-electron chi connectivity index (χ0n) is 25.9. The Morgan fingerprint density at radius 2 is 1.17 bits per heavy atom.